The van der Waals surface area contributed by atoms with Crippen molar-refractivity contribution >= 4 is 15.9 Å². The molecule has 1 aromatic carbocycles. The molecule has 0 saturated heterocycles. The van der Waals surface area contributed by atoms with Crippen LogP contribution in [-0.2, 0) is 6.42 Å². The van der Waals surface area contributed by atoms with E-state index in [2.05, 4.69) is 15.9 Å². The van der Waals surface area contributed by atoms with Gasteiger partial charge in [0.2, 0.25) is 0 Å². The number of ether oxygens (including phenoxy) is 1. The first-order chi connectivity index (χ1) is 6.70. The van der Waals surface area contributed by atoms with Crippen LogP contribution in [0.15, 0.2) is 16.6 Å². The predicted octanol–water partition coefficient (Wildman–Crippen LogP) is 2.05. The van der Waals surface area contributed by atoms with Crippen LogP contribution < -0.4 is 10.5 Å². The molecule has 78 valence electrons. The summed E-state index contributed by atoms with van der Waals surface area (Å²) in [6, 6.07) is 3.36. The van der Waals surface area contributed by atoms with Crippen LogP contribution in [0, 0.1) is 0 Å². The molecule has 0 aliphatic carbocycles. The number of phenols is 1. The van der Waals surface area contributed by atoms with Gasteiger partial charge in [-0.15, -0.1) is 0 Å². The first kappa shape index (κ1) is 11.3. The average molecular weight is 260 g/mol. The third kappa shape index (κ3) is 2.39. The summed E-state index contributed by atoms with van der Waals surface area (Å²) in [5, 5.41) is 9.61. The molecule has 3 nitrogen and oxygen atoms in total. The summed E-state index contributed by atoms with van der Waals surface area (Å²) >= 11 is 3.40. The smallest absolute Gasteiger partial charge is 0.133 e. The molecule has 1 aromatic rings. The van der Waals surface area contributed by atoms with E-state index in [1.54, 1.807) is 19.2 Å². The Bertz CT molecular complexity index is 315. The highest BCUT2D eigenvalue weighted by Crippen LogP contribution is 2.34. The number of rotatable bonds is 4. The third-order valence-electron chi connectivity index (χ3n) is 2.03. The topological polar surface area (TPSA) is 55.5 Å². The van der Waals surface area contributed by atoms with E-state index in [0.717, 1.165) is 28.6 Å². The van der Waals surface area contributed by atoms with E-state index in [0.29, 0.717) is 6.54 Å². The number of halogens is 1. The lowest BCUT2D eigenvalue weighted by atomic mass is 10.1. The van der Waals surface area contributed by atoms with Crippen LogP contribution in [0.3, 0.4) is 0 Å². The van der Waals surface area contributed by atoms with Crippen LogP contribution in [0.4, 0.5) is 0 Å². The number of hydrogen-bond donors (Lipinski definition) is 2. The minimum Gasteiger partial charge on any atom is -0.508 e. The molecule has 0 fully saturated rings. The van der Waals surface area contributed by atoms with Crippen molar-refractivity contribution in [2.24, 2.45) is 5.73 Å². The molecule has 0 aliphatic rings. The SMILES string of the molecule is COc1ccc(O)c(CCCN)c1Br. The summed E-state index contributed by atoms with van der Waals surface area (Å²) in [6.45, 7) is 0.614. The molecule has 0 amide bonds. The molecule has 3 N–H and O–H groups in total. The van der Waals surface area contributed by atoms with Crippen molar-refractivity contribution in [3.63, 3.8) is 0 Å². The number of aromatic hydroxyl groups is 1. The maximum atomic E-state index is 9.61. The van der Waals surface area contributed by atoms with E-state index in [-0.39, 0.29) is 5.75 Å². The molecule has 0 aromatic heterocycles. The van der Waals surface area contributed by atoms with Gasteiger partial charge in [-0.1, -0.05) is 0 Å². The third-order valence-corrected chi connectivity index (χ3v) is 2.90. The Morgan fingerprint density at radius 3 is 2.79 bits per heavy atom. The summed E-state index contributed by atoms with van der Waals surface area (Å²) in [6.07, 6.45) is 1.60. The van der Waals surface area contributed by atoms with Crippen LogP contribution >= 0.6 is 15.9 Å². The van der Waals surface area contributed by atoms with E-state index in [1.807, 2.05) is 0 Å². The zero-order chi connectivity index (χ0) is 10.6. The molecule has 0 atom stereocenters. The van der Waals surface area contributed by atoms with Gasteiger partial charge in [-0.3, -0.25) is 0 Å². The molecule has 0 saturated carbocycles. The Kier molecular flexibility index (Phi) is 4.22. The van der Waals surface area contributed by atoms with E-state index in [9.17, 15) is 5.11 Å². The quantitative estimate of drug-likeness (QED) is 0.871. The van der Waals surface area contributed by atoms with Gasteiger partial charge in [0.1, 0.15) is 11.5 Å². The Labute approximate surface area is 92.0 Å². The van der Waals surface area contributed by atoms with Gasteiger partial charge in [0.05, 0.1) is 11.6 Å². The highest BCUT2D eigenvalue weighted by Gasteiger charge is 2.10. The monoisotopic (exact) mass is 259 g/mol. The maximum absolute atomic E-state index is 9.61. The first-order valence-electron chi connectivity index (χ1n) is 4.45. The maximum Gasteiger partial charge on any atom is 0.133 e. The van der Waals surface area contributed by atoms with Crippen molar-refractivity contribution in [3.8, 4) is 11.5 Å². The standard InChI is InChI=1S/C10H14BrNO2/c1-14-9-5-4-8(13)7(10(9)11)3-2-6-12/h4-5,13H,2-3,6,12H2,1H3. The minimum atomic E-state index is 0.283. The average Bonchev–Trinajstić information content (AvgIpc) is 2.18. The fourth-order valence-electron chi connectivity index (χ4n) is 1.26. The number of phenolic OH excluding ortho intramolecular Hbond substituents is 1. The van der Waals surface area contributed by atoms with Gasteiger partial charge >= 0.3 is 0 Å². The van der Waals surface area contributed by atoms with Crippen LogP contribution in [0.1, 0.15) is 12.0 Å². The largest absolute Gasteiger partial charge is 0.508 e. The number of nitrogens with two attached hydrogens (primary N) is 1. The molecule has 4 heteroatoms. The van der Waals surface area contributed by atoms with Crippen molar-refractivity contribution in [1.82, 2.24) is 0 Å². The second-order valence-corrected chi connectivity index (χ2v) is 3.76. The summed E-state index contributed by atoms with van der Waals surface area (Å²) < 4.78 is 5.94. The van der Waals surface area contributed by atoms with Crippen molar-refractivity contribution in [3.05, 3.63) is 22.2 Å². The van der Waals surface area contributed by atoms with Crippen LogP contribution in [0.2, 0.25) is 0 Å². The molecule has 0 aliphatic heterocycles. The molecule has 0 spiro atoms. The fraction of sp³-hybridized carbons (Fsp3) is 0.400. The normalized spacial score (nSPS) is 10.2. The number of methoxy groups -OCH3 is 1. The van der Waals surface area contributed by atoms with Crippen molar-refractivity contribution in [1.29, 1.82) is 0 Å². The van der Waals surface area contributed by atoms with Gasteiger partial charge in [-0.25, -0.2) is 0 Å². The van der Waals surface area contributed by atoms with Gasteiger partial charge < -0.3 is 15.6 Å². The van der Waals surface area contributed by atoms with E-state index in [1.165, 1.54) is 0 Å². The molecule has 0 heterocycles. The molecule has 0 unspecified atom stereocenters. The Morgan fingerprint density at radius 1 is 1.50 bits per heavy atom. The highest BCUT2D eigenvalue weighted by atomic mass is 79.9. The van der Waals surface area contributed by atoms with Gasteiger partial charge in [0.15, 0.2) is 0 Å². The lowest BCUT2D eigenvalue weighted by Gasteiger charge is -2.10. The molecule has 0 bridgehead atoms. The van der Waals surface area contributed by atoms with Crippen molar-refractivity contribution in [2.45, 2.75) is 12.8 Å². The Hall–Kier alpha value is -0.740. The van der Waals surface area contributed by atoms with Crippen LogP contribution in [-0.4, -0.2) is 18.8 Å². The second-order valence-electron chi connectivity index (χ2n) is 2.97. The lowest BCUT2D eigenvalue weighted by Crippen LogP contribution is -2.01. The summed E-state index contributed by atoms with van der Waals surface area (Å²) in [7, 11) is 1.60. The molecule has 14 heavy (non-hydrogen) atoms. The molecule has 1 rings (SSSR count). The number of hydrogen-bond acceptors (Lipinski definition) is 3. The predicted molar refractivity (Wildman–Crippen MR) is 59.7 cm³/mol. The van der Waals surface area contributed by atoms with Crippen molar-refractivity contribution < 1.29 is 9.84 Å². The highest BCUT2D eigenvalue weighted by molar-refractivity contribution is 9.10. The fourth-order valence-corrected chi connectivity index (χ4v) is 1.96. The minimum absolute atomic E-state index is 0.283. The zero-order valence-corrected chi connectivity index (χ0v) is 9.67. The van der Waals surface area contributed by atoms with E-state index < -0.39 is 0 Å². The van der Waals surface area contributed by atoms with Crippen molar-refractivity contribution in [2.75, 3.05) is 13.7 Å². The van der Waals surface area contributed by atoms with Gasteiger partial charge in [0.25, 0.3) is 0 Å². The lowest BCUT2D eigenvalue weighted by molar-refractivity contribution is 0.407. The number of benzene rings is 1. The molecular weight excluding hydrogens is 246 g/mol. The Balaban J connectivity index is 2.99. The van der Waals surface area contributed by atoms with E-state index in [4.69, 9.17) is 10.5 Å². The summed E-state index contributed by atoms with van der Waals surface area (Å²) in [4.78, 5) is 0. The van der Waals surface area contributed by atoms with Gasteiger partial charge in [-0.05, 0) is 47.4 Å². The van der Waals surface area contributed by atoms with E-state index >= 15 is 0 Å². The zero-order valence-electron chi connectivity index (χ0n) is 8.09. The first-order valence-corrected chi connectivity index (χ1v) is 5.24. The Morgan fingerprint density at radius 2 is 2.21 bits per heavy atom. The molecule has 0 radical (unpaired) electrons. The molecular formula is C10H14BrNO2. The van der Waals surface area contributed by atoms with Gasteiger partial charge in [0, 0.05) is 5.56 Å². The van der Waals surface area contributed by atoms with Gasteiger partial charge in [-0.2, -0.15) is 0 Å². The van der Waals surface area contributed by atoms with Crippen LogP contribution in [0.5, 0.6) is 11.5 Å². The van der Waals surface area contributed by atoms with Crippen LogP contribution in [0.25, 0.3) is 0 Å². The summed E-state index contributed by atoms with van der Waals surface area (Å²) in [5.74, 6) is 1.01. The summed E-state index contributed by atoms with van der Waals surface area (Å²) in [5.41, 5.74) is 6.28. The second kappa shape index (κ2) is 5.22.